The molecule has 1 aromatic heterocycles. The molecule has 2 aromatic rings. The normalized spacial score (nSPS) is 12.2. The summed E-state index contributed by atoms with van der Waals surface area (Å²) >= 11 is 23.6. The summed E-state index contributed by atoms with van der Waals surface area (Å²) in [5.74, 6) is 1.37. The third-order valence-corrected chi connectivity index (χ3v) is 5.21. The molecule has 0 spiro atoms. The fraction of sp³-hybridized carbons (Fsp3) is 0.391. The molecule has 1 atom stereocenters. The number of oxime groups is 1. The van der Waals surface area contributed by atoms with E-state index in [4.69, 9.17) is 65.5 Å². The van der Waals surface area contributed by atoms with Gasteiger partial charge in [-0.15, -0.1) is 0 Å². The Balaban J connectivity index is 1.77. The standard InChI is InChI=1S/C23H26Cl4N2O4/c1-4-15(2)33-29-16(3)17-6-7-22(28-14-17)31-9-5-10-32-23-19(24)12-18(13-20(23)25)30-11-8-21(26)27/h6-8,12-15H,4-5,9-11H2,1-3H3. The third kappa shape index (κ3) is 9.88. The molecule has 0 amide bonds. The van der Waals surface area contributed by atoms with E-state index in [2.05, 4.69) is 10.1 Å². The van der Waals surface area contributed by atoms with Gasteiger partial charge in [0.15, 0.2) is 5.75 Å². The van der Waals surface area contributed by atoms with Gasteiger partial charge in [-0.25, -0.2) is 4.98 Å². The molecule has 0 aliphatic rings. The fourth-order valence-corrected chi connectivity index (χ4v) is 3.05. The van der Waals surface area contributed by atoms with Crippen LogP contribution in [0.3, 0.4) is 0 Å². The Labute approximate surface area is 214 Å². The smallest absolute Gasteiger partial charge is 0.213 e. The Morgan fingerprint density at radius 3 is 2.39 bits per heavy atom. The second-order valence-corrected chi connectivity index (χ2v) is 8.78. The summed E-state index contributed by atoms with van der Waals surface area (Å²) < 4.78 is 17.0. The second-order valence-electron chi connectivity index (χ2n) is 6.96. The molecule has 33 heavy (non-hydrogen) atoms. The van der Waals surface area contributed by atoms with Crippen LogP contribution in [0, 0.1) is 0 Å². The Bertz CT molecular complexity index is 925. The average molecular weight is 536 g/mol. The molecule has 0 radical (unpaired) electrons. The molecule has 0 saturated carbocycles. The Morgan fingerprint density at radius 1 is 1.09 bits per heavy atom. The van der Waals surface area contributed by atoms with Crippen LogP contribution in [-0.4, -0.2) is 36.6 Å². The van der Waals surface area contributed by atoms with Crippen molar-refractivity contribution < 1.29 is 19.0 Å². The lowest BCUT2D eigenvalue weighted by atomic mass is 10.2. The first-order valence-electron chi connectivity index (χ1n) is 10.4. The molecule has 0 aliphatic carbocycles. The number of hydrogen-bond donors (Lipinski definition) is 0. The Hall–Kier alpha value is -1.86. The molecule has 0 N–H and O–H groups in total. The molecule has 0 bridgehead atoms. The number of halogens is 4. The van der Waals surface area contributed by atoms with Crippen LogP contribution in [0.1, 0.15) is 39.2 Å². The molecule has 180 valence electrons. The summed E-state index contributed by atoms with van der Waals surface area (Å²) in [6.45, 7) is 6.86. The predicted molar refractivity (Wildman–Crippen MR) is 135 cm³/mol. The van der Waals surface area contributed by atoms with Gasteiger partial charge in [-0.2, -0.15) is 0 Å². The molecule has 1 aromatic carbocycles. The van der Waals surface area contributed by atoms with Gasteiger partial charge in [0.05, 0.1) is 29.0 Å². The van der Waals surface area contributed by atoms with E-state index < -0.39 is 0 Å². The number of pyridine rings is 1. The number of rotatable bonds is 13. The predicted octanol–water partition coefficient (Wildman–Crippen LogP) is 7.47. The summed E-state index contributed by atoms with van der Waals surface area (Å²) in [6, 6.07) is 6.90. The van der Waals surface area contributed by atoms with Crippen LogP contribution in [0.25, 0.3) is 0 Å². The largest absolute Gasteiger partial charge is 0.490 e. The van der Waals surface area contributed by atoms with Gasteiger partial charge in [-0.1, -0.05) is 58.5 Å². The van der Waals surface area contributed by atoms with Gasteiger partial charge in [-0.3, -0.25) is 0 Å². The minimum atomic E-state index is 0.0758. The molecule has 1 unspecified atom stereocenters. The van der Waals surface area contributed by atoms with Crippen molar-refractivity contribution in [3.63, 3.8) is 0 Å². The molecular formula is C23H26Cl4N2O4. The van der Waals surface area contributed by atoms with Crippen molar-refractivity contribution in [1.82, 2.24) is 4.98 Å². The van der Waals surface area contributed by atoms with Crippen molar-refractivity contribution in [2.75, 3.05) is 19.8 Å². The van der Waals surface area contributed by atoms with Crippen molar-refractivity contribution in [1.29, 1.82) is 0 Å². The zero-order valence-electron chi connectivity index (χ0n) is 18.6. The van der Waals surface area contributed by atoms with E-state index in [1.807, 2.05) is 26.8 Å². The van der Waals surface area contributed by atoms with Gasteiger partial charge in [-0.05, 0) is 32.4 Å². The summed E-state index contributed by atoms with van der Waals surface area (Å²) in [4.78, 5) is 9.69. The molecular weight excluding hydrogens is 510 g/mol. The van der Waals surface area contributed by atoms with Crippen molar-refractivity contribution >= 4 is 52.1 Å². The van der Waals surface area contributed by atoms with Crippen LogP contribution in [0.4, 0.5) is 0 Å². The fourth-order valence-electron chi connectivity index (χ4n) is 2.34. The van der Waals surface area contributed by atoms with Gasteiger partial charge < -0.3 is 19.0 Å². The number of aromatic nitrogens is 1. The third-order valence-electron chi connectivity index (χ3n) is 4.34. The van der Waals surface area contributed by atoms with Crippen LogP contribution >= 0.6 is 46.4 Å². The highest BCUT2D eigenvalue weighted by Crippen LogP contribution is 2.37. The van der Waals surface area contributed by atoms with E-state index in [0.29, 0.717) is 47.1 Å². The molecule has 10 heteroatoms. The number of nitrogens with zero attached hydrogens (tertiary/aromatic N) is 2. The molecule has 6 nitrogen and oxygen atoms in total. The first-order chi connectivity index (χ1) is 15.8. The van der Waals surface area contributed by atoms with E-state index in [9.17, 15) is 0 Å². The summed E-state index contributed by atoms with van der Waals surface area (Å²) in [6.07, 6.45) is 4.79. The lowest BCUT2D eigenvalue weighted by Crippen LogP contribution is -2.07. The minimum absolute atomic E-state index is 0.0758. The topological polar surface area (TPSA) is 62.2 Å². The molecule has 0 fully saturated rings. The zero-order chi connectivity index (χ0) is 24.2. The van der Waals surface area contributed by atoms with Crippen molar-refractivity contribution in [2.24, 2.45) is 5.16 Å². The van der Waals surface area contributed by atoms with Crippen LogP contribution in [0.15, 0.2) is 46.2 Å². The van der Waals surface area contributed by atoms with Crippen LogP contribution in [0.2, 0.25) is 10.0 Å². The Kier molecular flexibility index (Phi) is 12.0. The van der Waals surface area contributed by atoms with E-state index in [1.54, 1.807) is 24.4 Å². The lowest BCUT2D eigenvalue weighted by molar-refractivity contribution is 0.0699. The van der Waals surface area contributed by atoms with Gasteiger partial charge in [0.1, 0.15) is 23.0 Å². The van der Waals surface area contributed by atoms with E-state index >= 15 is 0 Å². The van der Waals surface area contributed by atoms with Gasteiger partial charge >= 0.3 is 0 Å². The lowest BCUT2D eigenvalue weighted by Gasteiger charge is -2.12. The number of hydrogen-bond acceptors (Lipinski definition) is 6. The van der Waals surface area contributed by atoms with E-state index in [-0.39, 0.29) is 17.2 Å². The zero-order valence-corrected chi connectivity index (χ0v) is 21.6. The van der Waals surface area contributed by atoms with E-state index in [0.717, 1.165) is 17.7 Å². The highest BCUT2D eigenvalue weighted by molar-refractivity contribution is 6.55. The van der Waals surface area contributed by atoms with Crippen LogP contribution in [0.5, 0.6) is 17.4 Å². The SMILES string of the molecule is CCC(C)ON=C(C)c1ccc(OCCCOc2c(Cl)cc(OCC=C(Cl)Cl)cc2Cl)nc1. The number of benzene rings is 1. The van der Waals surface area contributed by atoms with Gasteiger partial charge in [0, 0.05) is 36.4 Å². The number of ether oxygens (including phenoxy) is 3. The maximum absolute atomic E-state index is 6.26. The van der Waals surface area contributed by atoms with Gasteiger partial charge in [0.25, 0.3) is 0 Å². The van der Waals surface area contributed by atoms with Crippen molar-refractivity contribution in [2.45, 2.75) is 39.7 Å². The summed E-state index contributed by atoms with van der Waals surface area (Å²) in [5, 5.41) is 4.81. The first kappa shape index (κ1) is 27.4. The highest BCUT2D eigenvalue weighted by atomic mass is 35.5. The second kappa shape index (κ2) is 14.4. The van der Waals surface area contributed by atoms with Crippen LogP contribution < -0.4 is 14.2 Å². The quantitative estimate of drug-likeness (QED) is 0.151. The maximum atomic E-state index is 6.26. The van der Waals surface area contributed by atoms with Crippen LogP contribution in [-0.2, 0) is 4.84 Å². The average Bonchev–Trinajstić information content (AvgIpc) is 2.78. The maximum Gasteiger partial charge on any atom is 0.213 e. The van der Waals surface area contributed by atoms with Gasteiger partial charge in [0.2, 0.25) is 5.88 Å². The molecule has 0 saturated heterocycles. The highest BCUT2D eigenvalue weighted by Gasteiger charge is 2.11. The summed E-state index contributed by atoms with van der Waals surface area (Å²) in [7, 11) is 0. The molecule has 0 aliphatic heterocycles. The first-order valence-corrected chi connectivity index (χ1v) is 11.9. The molecule has 2 rings (SSSR count). The van der Waals surface area contributed by atoms with Crippen molar-refractivity contribution in [3.8, 4) is 17.4 Å². The monoisotopic (exact) mass is 534 g/mol. The Morgan fingerprint density at radius 2 is 1.79 bits per heavy atom. The van der Waals surface area contributed by atoms with Crippen molar-refractivity contribution in [3.05, 3.63) is 56.6 Å². The minimum Gasteiger partial charge on any atom is -0.490 e. The summed E-state index contributed by atoms with van der Waals surface area (Å²) in [5.41, 5.74) is 1.62. The molecule has 1 heterocycles. The van der Waals surface area contributed by atoms with E-state index in [1.165, 1.54) is 6.08 Å².